The van der Waals surface area contributed by atoms with Crippen LogP contribution >= 0.6 is 0 Å². The molecule has 1 aliphatic rings. The summed E-state index contributed by atoms with van der Waals surface area (Å²) in [7, 11) is -2.24. The summed E-state index contributed by atoms with van der Waals surface area (Å²) in [4.78, 5) is 17.3. The lowest BCUT2D eigenvalue weighted by molar-refractivity contribution is -0.124. The zero-order valence-corrected chi connectivity index (χ0v) is 16.8. The van der Waals surface area contributed by atoms with Gasteiger partial charge in [-0.15, -0.1) is 0 Å². The Morgan fingerprint density at radius 3 is 2.76 bits per heavy atom. The van der Waals surface area contributed by atoms with Crippen LogP contribution in [0.2, 0.25) is 0 Å². The molecule has 3 heterocycles. The van der Waals surface area contributed by atoms with Gasteiger partial charge in [-0.3, -0.25) is 4.79 Å². The van der Waals surface area contributed by atoms with Gasteiger partial charge >= 0.3 is 0 Å². The van der Waals surface area contributed by atoms with Crippen LogP contribution < -0.4 is 10.1 Å². The number of imidazole rings is 1. The minimum Gasteiger partial charge on any atom is -0.497 e. The first-order valence-corrected chi connectivity index (χ1v) is 10.8. The molecule has 29 heavy (non-hydrogen) atoms. The second-order valence-corrected chi connectivity index (χ2v) is 8.76. The van der Waals surface area contributed by atoms with Crippen LogP contribution in [0.25, 0.3) is 5.65 Å². The number of hydrogen-bond acceptors (Lipinski definition) is 5. The number of nitrogens with one attached hydrogen (secondary N) is 1. The van der Waals surface area contributed by atoms with E-state index in [1.807, 2.05) is 35.0 Å². The van der Waals surface area contributed by atoms with Gasteiger partial charge in [0, 0.05) is 18.9 Å². The minimum absolute atomic E-state index is 0.151. The van der Waals surface area contributed by atoms with Gasteiger partial charge in [0.15, 0.2) is 0 Å². The highest BCUT2D eigenvalue weighted by Gasteiger charge is 2.39. The number of rotatable bonds is 6. The number of fused-ring (bicyclic) bond motifs is 1. The fraction of sp³-hybridized carbons (Fsp3) is 0.300. The molecule has 1 fully saturated rings. The predicted octanol–water partition coefficient (Wildman–Crippen LogP) is 1.81. The SMILES string of the molecule is COc1ccc(S(=O)(=O)N2CCC[C@@H]2C(=O)NCc2cn3ccccc3n2)cc1. The second-order valence-electron chi connectivity index (χ2n) is 6.87. The summed E-state index contributed by atoms with van der Waals surface area (Å²) >= 11 is 0. The molecule has 9 heteroatoms. The summed E-state index contributed by atoms with van der Waals surface area (Å²) in [5, 5.41) is 2.83. The largest absolute Gasteiger partial charge is 0.497 e. The van der Waals surface area contributed by atoms with Crippen molar-refractivity contribution in [2.24, 2.45) is 0 Å². The summed E-state index contributed by atoms with van der Waals surface area (Å²) in [5.74, 6) is 0.267. The molecule has 1 N–H and O–H groups in total. The van der Waals surface area contributed by atoms with Crippen molar-refractivity contribution in [1.82, 2.24) is 19.0 Å². The smallest absolute Gasteiger partial charge is 0.243 e. The minimum atomic E-state index is -3.76. The van der Waals surface area contributed by atoms with E-state index in [-0.39, 0.29) is 17.3 Å². The molecule has 1 amide bonds. The molecule has 2 aromatic heterocycles. The average Bonchev–Trinajstić information content (AvgIpc) is 3.39. The molecular weight excluding hydrogens is 392 g/mol. The number of nitrogens with zero attached hydrogens (tertiary/aromatic N) is 3. The topological polar surface area (TPSA) is 93.0 Å². The molecule has 0 radical (unpaired) electrons. The van der Waals surface area contributed by atoms with Crippen molar-refractivity contribution in [3.05, 3.63) is 60.6 Å². The number of aromatic nitrogens is 2. The highest BCUT2D eigenvalue weighted by atomic mass is 32.2. The Morgan fingerprint density at radius 1 is 1.24 bits per heavy atom. The molecule has 1 atom stereocenters. The van der Waals surface area contributed by atoms with Gasteiger partial charge in [-0.25, -0.2) is 13.4 Å². The van der Waals surface area contributed by atoms with Crippen LogP contribution in [0, 0.1) is 0 Å². The maximum absolute atomic E-state index is 13.0. The third kappa shape index (κ3) is 3.83. The Bertz CT molecular complexity index is 1090. The summed E-state index contributed by atoms with van der Waals surface area (Å²) in [6, 6.07) is 11.1. The second kappa shape index (κ2) is 7.84. The zero-order chi connectivity index (χ0) is 20.4. The van der Waals surface area contributed by atoms with Gasteiger partial charge in [0.2, 0.25) is 15.9 Å². The Morgan fingerprint density at radius 2 is 2.03 bits per heavy atom. The Hall–Kier alpha value is -2.91. The molecule has 0 saturated carbocycles. The molecule has 0 unspecified atom stereocenters. The van der Waals surface area contributed by atoms with Gasteiger partial charge in [-0.1, -0.05) is 6.07 Å². The Balaban J connectivity index is 1.47. The van der Waals surface area contributed by atoms with Crippen LogP contribution in [0.5, 0.6) is 5.75 Å². The maximum atomic E-state index is 13.0. The van der Waals surface area contributed by atoms with Crippen molar-refractivity contribution >= 4 is 21.6 Å². The van der Waals surface area contributed by atoms with Crippen molar-refractivity contribution in [1.29, 1.82) is 0 Å². The van der Waals surface area contributed by atoms with Crippen LogP contribution in [0.4, 0.5) is 0 Å². The summed E-state index contributed by atoms with van der Waals surface area (Å²) in [6.07, 6.45) is 4.86. The van der Waals surface area contributed by atoms with Crippen LogP contribution in [0.1, 0.15) is 18.5 Å². The van der Waals surface area contributed by atoms with Gasteiger partial charge in [0.25, 0.3) is 0 Å². The number of benzene rings is 1. The van der Waals surface area contributed by atoms with Crippen molar-refractivity contribution in [2.75, 3.05) is 13.7 Å². The molecule has 4 rings (SSSR count). The molecule has 0 bridgehead atoms. The molecule has 0 spiro atoms. The number of carbonyl (C=O) groups excluding carboxylic acids is 1. The third-order valence-corrected chi connectivity index (χ3v) is 6.95. The summed E-state index contributed by atoms with van der Waals surface area (Å²) < 4.78 is 34.3. The van der Waals surface area contributed by atoms with E-state index in [0.717, 1.165) is 5.65 Å². The number of hydrogen-bond donors (Lipinski definition) is 1. The molecule has 0 aliphatic carbocycles. The molecular formula is C20H22N4O4S. The molecule has 3 aromatic rings. The fourth-order valence-corrected chi connectivity index (χ4v) is 5.20. The first kappa shape index (κ1) is 19.4. The van der Waals surface area contributed by atoms with Crippen LogP contribution in [-0.2, 0) is 21.4 Å². The van der Waals surface area contributed by atoms with Crippen LogP contribution in [-0.4, -0.2) is 47.7 Å². The molecule has 1 saturated heterocycles. The third-order valence-electron chi connectivity index (χ3n) is 5.03. The maximum Gasteiger partial charge on any atom is 0.243 e. The van der Waals surface area contributed by atoms with Crippen molar-refractivity contribution in [3.8, 4) is 5.75 Å². The van der Waals surface area contributed by atoms with E-state index in [4.69, 9.17) is 4.74 Å². The molecule has 8 nitrogen and oxygen atoms in total. The monoisotopic (exact) mass is 414 g/mol. The standard InChI is InChI=1S/C20H22N4O4S/c1-28-16-7-9-17(10-8-16)29(26,27)24-12-4-5-18(24)20(25)21-13-15-14-23-11-3-2-6-19(23)22-15/h2-3,6-11,14,18H,4-5,12-13H2,1H3,(H,21,25)/t18-/m1/s1. The number of carbonyl (C=O) groups is 1. The van der Waals surface area contributed by atoms with Gasteiger partial charge in [0.1, 0.15) is 17.4 Å². The van der Waals surface area contributed by atoms with Gasteiger partial charge in [-0.2, -0.15) is 4.31 Å². The summed E-state index contributed by atoms with van der Waals surface area (Å²) in [5.41, 5.74) is 1.51. The van der Waals surface area contributed by atoms with Crippen molar-refractivity contribution in [3.63, 3.8) is 0 Å². The average molecular weight is 414 g/mol. The van der Waals surface area contributed by atoms with Gasteiger partial charge in [-0.05, 0) is 49.2 Å². The molecule has 1 aliphatic heterocycles. The lowest BCUT2D eigenvalue weighted by atomic mass is 10.2. The van der Waals surface area contributed by atoms with Crippen molar-refractivity contribution in [2.45, 2.75) is 30.3 Å². The van der Waals surface area contributed by atoms with Crippen LogP contribution in [0.15, 0.2) is 59.8 Å². The predicted molar refractivity (Wildman–Crippen MR) is 107 cm³/mol. The van der Waals surface area contributed by atoms with E-state index in [9.17, 15) is 13.2 Å². The van der Waals surface area contributed by atoms with Crippen LogP contribution in [0.3, 0.4) is 0 Å². The lowest BCUT2D eigenvalue weighted by Crippen LogP contribution is -2.45. The van der Waals surface area contributed by atoms with E-state index in [1.165, 1.54) is 23.5 Å². The Kier molecular flexibility index (Phi) is 5.25. The lowest BCUT2D eigenvalue weighted by Gasteiger charge is -2.23. The fourth-order valence-electron chi connectivity index (χ4n) is 3.54. The van der Waals surface area contributed by atoms with E-state index in [0.29, 0.717) is 30.8 Å². The summed E-state index contributed by atoms with van der Waals surface area (Å²) in [6.45, 7) is 0.564. The van der Waals surface area contributed by atoms with E-state index < -0.39 is 16.1 Å². The van der Waals surface area contributed by atoms with Gasteiger partial charge in [0.05, 0.1) is 24.2 Å². The van der Waals surface area contributed by atoms with Crippen molar-refractivity contribution < 1.29 is 17.9 Å². The number of sulfonamides is 1. The van der Waals surface area contributed by atoms with Gasteiger partial charge < -0.3 is 14.5 Å². The first-order chi connectivity index (χ1) is 14.0. The quantitative estimate of drug-likeness (QED) is 0.664. The van der Waals surface area contributed by atoms with E-state index in [1.54, 1.807) is 12.1 Å². The number of methoxy groups -OCH3 is 1. The van der Waals surface area contributed by atoms with E-state index in [2.05, 4.69) is 10.3 Å². The Labute approximate surface area is 169 Å². The zero-order valence-electron chi connectivity index (χ0n) is 16.0. The highest BCUT2D eigenvalue weighted by molar-refractivity contribution is 7.89. The molecule has 1 aromatic carbocycles. The first-order valence-electron chi connectivity index (χ1n) is 9.35. The normalized spacial score (nSPS) is 17.5. The molecule has 152 valence electrons. The number of pyridine rings is 1. The highest BCUT2D eigenvalue weighted by Crippen LogP contribution is 2.27. The number of amides is 1. The number of ether oxygens (including phenoxy) is 1. The van der Waals surface area contributed by atoms with E-state index >= 15 is 0 Å².